The maximum absolute atomic E-state index is 14.9. The maximum Gasteiger partial charge on any atom is 0.166 e. The number of nitrogens with one attached hydrogen (secondary N) is 1. The number of hydrogen-bond acceptors (Lipinski definition) is 7. The number of fused-ring (bicyclic) bond motifs is 1. The van der Waals surface area contributed by atoms with Gasteiger partial charge in [-0.15, -0.1) is 11.3 Å². The van der Waals surface area contributed by atoms with Crippen molar-refractivity contribution in [2.45, 2.75) is 45.2 Å². The molecule has 2 fully saturated rings. The van der Waals surface area contributed by atoms with E-state index in [9.17, 15) is 9.18 Å². The van der Waals surface area contributed by atoms with Gasteiger partial charge >= 0.3 is 0 Å². The molecule has 6 rings (SSSR count). The summed E-state index contributed by atoms with van der Waals surface area (Å²) in [5.74, 6) is 0.916. The van der Waals surface area contributed by atoms with Gasteiger partial charge in [0, 0.05) is 63.5 Å². The molecule has 1 aliphatic heterocycles. The number of piperazine rings is 1. The lowest BCUT2D eigenvalue weighted by molar-refractivity contribution is -0.118. The van der Waals surface area contributed by atoms with Gasteiger partial charge in [-0.2, -0.15) is 0 Å². The van der Waals surface area contributed by atoms with Crippen LogP contribution in [0.5, 0.6) is 11.5 Å². The summed E-state index contributed by atoms with van der Waals surface area (Å²) in [5.41, 5.74) is 3.53. The predicted octanol–water partition coefficient (Wildman–Crippen LogP) is 6.00. The molecule has 0 spiro atoms. The number of ether oxygens (including phenoxy) is 1. The van der Waals surface area contributed by atoms with Crippen molar-refractivity contribution in [1.29, 1.82) is 0 Å². The minimum absolute atomic E-state index is 0.135. The van der Waals surface area contributed by atoms with Gasteiger partial charge in [0.2, 0.25) is 0 Å². The summed E-state index contributed by atoms with van der Waals surface area (Å²) in [5, 5.41) is 3.48. The second-order valence-electron chi connectivity index (χ2n) is 10.5. The number of halogens is 1. The first-order valence-corrected chi connectivity index (χ1v) is 14.1. The molecule has 196 valence electrons. The molecule has 0 radical (unpaired) electrons. The Morgan fingerprint density at radius 2 is 2.00 bits per heavy atom. The van der Waals surface area contributed by atoms with Crippen molar-refractivity contribution in [3.63, 3.8) is 0 Å². The molecule has 1 N–H and O–H groups in total. The van der Waals surface area contributed by atoms with Gasteiger partial charge in [0.1, 0.15) is 11.5 Å². The van der Waals surface area contributed by atoms with Crippen LogP contribution in [0.15, 0.2) is 54.9 Å². The number of ketones is 1. The van der Waals surface area contributed by atoms with Gasteiger partial charge in [-0.25, -0.2) is 4.39 Å². The fraction of sp³-hybridized carbons (Fsp3) is 0.367. The van der Waals surface area contributed by atoms with E-state index in [4.69, 9.17) is 9.72 Å². The van der Waals surface area contributed by atoms with E-state index >= 15 is 0 Å². The highest BCUT2D eigenvalue weighted by atomic mass is 32.1. The van der Waals surface area contributed by atoms with Crippen LogP contribution in [-0.4, -0.2) is 46.3 Å². The average Bonchev–Trinajstić information content (AvgIpc) is 3.60. The molecular formula is C30H31FN4O2S. The molecule has 6 nitrogen and oxygen atoms in total. The van der Waals surface area contributed by atoms with Gasteiger partial charge in [0.25, 0.3) is 0 Å². The summed E-state index contributed by atoms with van der Waals surface area (Å²) < 4.78 is 21.7. The van der Waals surface area contributed by atoms with Crippen molar-refractivity contribution in [3.05, 3.63) is 71.8 Å². The summed E-state index contributed by atoms with van der Waals surface area (Å²) in [7, 11) is 0. The Bertz CT molecular complexity index is 1450. The van der Waals surface area contributed by atoms with E-state index in [1.165, 1.54) is 23.0 Å². The van der Waals surface area contributed by atoms with Crippen molar-refractivity contribution in [1.82, 2.24) is 20.2 Å². The number of Topliss-reactive ketones (excluding diaryl/α,β-unsaturated/α-hetero) is 1. The Balaban J connectivity index is 1.16. The number of benzene rings is 1. The molecule has 3 aromatic heterocycles. The third-order valence-corrected chi connectivity index (χ3v) is 8.30. The molecular weight excluding hydrogens is 499 g/mol. The quantitative estimate of drug-likeness (QED) is 0.287. The van der Waals surface area contributed by atoms with Crippen LogP contribution in [0.4, 0.5) is 4.39 Å². The van der Waals surface area contributed by atoms with Crippen LogP contribution < -0.4 is 10.1 Å². The van der Waals surface area contributed by atoms with Crippen molar-refractivity contribution in [3.8, 4) is 22.1 Å². The molecule has 1 aliphatic carbocycles. The Hall–Kier alpha value is -3.20. The second kappa shape index (κ2) is 10.9. The van der Waals surface area contributed by atoms with Gasteiger partial charge < -0.3 is 10.1 Å². The summed E-state index contributed by atoms with van der Waals surface area (Å²) >= 11 is 1.53. The van der Waals surface area contributed by atoms with Gasteiger partial charge in [-0.1, -0.05) is 12.1 Å². The SMILES string of the molecule is C[C@@H]1CN(Cc2ccc(-c3cc4nccc(Oc5ccc(CC(=O)CC6CC6)cc5F)c4s3)nc2)CCN1. The Kier molecular flexibility index (Phi) is 7.19. The average molecular weight is 531 g/mol. The molecule has 8 heteroatoms. The van der Waals surface area contributed by atoms with Gasteiger partial charge in [0.15, 0.2) is 11.6 Å². The summed E-state index contributed by atoms with van der Waals surface area (Å²) in [6.45, 7) is 6.20. The minimum Gasteiger partial charge on any atom is -0.453 e. The monoisotopic (exact) mass is 530 g/mol. The van der Waals surface area contributed by atoms with Gasteiger partial charge in [-0.05, 0) is 61.1 Å². The molecule has 1 atom stereocenters. The zero-order chi connectivity index (χ0) is 26.1. The molecule has 2 aliphatic rings. The smallest absolute Gasteiger partial charge is 0.166 e. The van der Waals surface area contributed by atoms with Crippen LogP contribution in [0, 0.1) is 11.7 Å². The molecule has 4 aromatic rings. The first kappa shape index (κ1) is 25.1. The molecule has 1 saturated heterocycles. The number of nitrogens with zero attached hydrogens (tertiary/aromatic N) is 3. The third kappa shape index (κ3) is 5.93. The second-order valence-corrected chi connectivity index (χ2v) is 11.6. The van der Waals surface area contributed by atoms with Crippen molar-refractivity contribution in [2.75, 3.05) is 19.6 Å². The number of thiophene rings is 1. The highest BCUT2D eigenvalue weighted by molar-refractivity contribution is 7.22. The molecule has 1 saturated carbocycles. The minimum atomic E-state index is -0.473. The summed E-state index contributed by atoms with van der Waals surface area (Å²) in [6, 6.07) is 13.2. The Morgan fingerprint density at radius 1 is 1.13 bits per heavy atom. The van der Waals surface area contributed by atoms with Crippen LogP contribution >= 0.6 is 11.3 Å². The number of aromatic nitrogens is 2. The molecule has 4 heterocycles. The normalized spacial score (nSPS) is 18.1. The lowest BCUT2D eigenvalue weighted by Gasteiger charge is -2.31. The number of hydrogen-bond donors (Lipinski definition) is 1. The van der Waals surface area contributed by atoms with Crippen LogP contribution in [0.2, 0.25) is 0 Å². The number of carbonyl (C=O) groups is 1. The fourth-order valence-corrected chi connectivity index (χ4v) is 6.04. The first-order chi connectivity index (χ1) is 18.5. The molecule has 38 heavy (non-hydrogen) atoms. The van der Waals surface area contributed by atoms with Gasteiger partial charge in [-0.3, -0.25) is 19.7 Å². The van der Waals surface area contributed by atoms with Crippen LogP contribution in [-0.2, 0) is 17.8 Å². The van der Waals surface area contributed by atoms with E-state index in [0.29, 0.717) is 29.7 Å². The molecule has 0 bridgehead atoms. The van der Waals surface area contributed by atoms with E-state index in [1.807, 2.05) is 12.3 Å². The number of pyridine rings is 2. The van der Waals surface area contributed by atoms with E-state index in [2.05, 4.69) is 34.3 Å². The highest BCUT2D eigenvalue weighted by Crippen LogP contribution is 2.39. The van der Waals surface area contributed by atoms with E-state index < -0.39 is 5.82 Å². The molecule has 1 aromatic carbocycles. The van der Waals surface area contributed by atoms with Crippen molar-refractivity contribution in [2.24, 2.45) is 5.92 Å². The zero-order valence-electron chi connectivity index (χ0n) is 21.5. The Labute approximate surface area is 225 Å². The lowest BCUT2D eigenvalue weighted by Crippen LogP contribution is -2.48. The zero-order valence-corrected chi connectivity index (χ0v) is 22.3. The lowest BCUT2D eigenvalue weighted by atomic mass is 10.0. The largest absolute Gasteiger partial charge is 0.453 e. The first-order valence-electron chi connectivity index (χ1n) is 13.3. The summed E-state index contributed by atoms with van der Waals surface area (Å²) in [4.78, 5) is 24.8. The molecule has 0 unspecified atom stereocenters. The standard InChI is InChI=1S/C30H31FN4O2S/c1-19-17-35(11-10-32-19)18-22-4-6-25(34-16-22)29-15-26-30(38-29)28(8-9-33-26)37-27-7-5-21(14-24(27)31)13-23(36)12-20-2-3-20/h4-9,14-16,19-20,32H,2-3,10-13,17-18H2,1H3/t19-/m1/s1. The van der Waals surface area contributed by atoms with Crippen molar-refractivity contribution >= 4 is 27.3 Å². The number of rotatable bonds is 9. The van der Waals surface area contributed by atoms with E-state index in [-0.39, 0.29) is 18.0 Å². The molecule has 0 amide bonds. The van der Waals surface area contributed by atoms with Gasteiger partial charge in [0.05, 0.1) is 20.8 Å². The maximum atomic E-state index is 14.9. The Morgan fingerprint density at radius 3 is 2.76 bits per heavy atom. The van der Waals surface area contributed by atoms with E-state index in [1.54, 1.807) is 24.4 Å². The highest BCUT2D eigenvalue weighted by Gasteiger charge is 2.24. The van der Waals surface area contributed by atoms with Crippen molar-refractivity contribution < 1.29 is 13.9 Å². The predicted molar refractivity (Wildman–Crippen MR) is 148 cm³/mol. The summed E-state index contributed by atoms with van der Waals surface area (Å²) in [6.07, 6.45) is 6.75. The fourth-order valence-electron chi connectivity index (χ4n) is 5.00. The van der Waals surface area contributed by atoms with E-state index in [0.717, 1.165) is 59.8 Å². The van der Waals surface area contributed by atoms with Crippen LogP contribution in [0.1, 0.15) is 37.3 Å². The third-order valence-electron chi connectivity index (χ3n) is 7.14. The number of carbonyl (C=O) groups excluding carboxylic acids is 1. The topological polar surface area (TPSA) is 67.4 Å². The van der Waals surface area contributed by atoms with Crippen LogP contribution in [0.3, 0.4) is 0 Å². The van der Waals surface area contributed by atoms with Crippen LogP contribution in [0.25, 0.3) is 20.8 Å².